The van der Waals surface area contributed by atoms with E-state index in [-0.39, 0.29) is 4.31 Å². The number of sulfone groups is 2. The standard InChI is InChI=1S/C10H12F3NO6S3/c1-14(21(2,15)16)9(23(19,20)10(11,12)13)22(17,18)8-6-4-3-5-7-8/h3-7,9H,1-2H3. The lowest BCUT2D eigenvalue weighted by Crippen LogP contribution is -2.51. The normalized spacial score (nSPS) is 15.6. The predicted octanol–water partition coefficient (Wildman–Crippen LogP) is 0.570. The molecule has 1 aromatic carbocycles. The van der Waals surface area contributed by atoms with Gasteiger partial charge in [0.05, 0.1) is 11.2 Å². The third kappa shape index (κ3) is 3.84. The molecule has 0 radical (unpaired) electrons. The molecule has 13 heteroatoms. The molecular formula is C10H12F3NO6S3. The van der Waals surface area contributed by atoms with E-state index in [0.717, 1.165) is 24.3 Å². The van der Waals surface area contributed by atoms with Crippen LogP contribution in [0.3, 0.4) is 0 Å². The van der Waals surface area contributed by atoms with E-state index >= 15 is 0 Å². The van der Waals surface area contributed by atoms with Crippen LogP contribution in [0.1, 0.15) is 0 Å². The lowest BCUT2D eigenvalue weighted by molar-refractivity contribution is -0.0445. The highest BCUT2D eigenvalue weighted by atomic mass is 32.3. The SMILES string of the molecule is CN(C(S(=O)(=O)c1ccccc1)S(=O)(=O)C(F)(F)F)S(C)(=O)=O. The molecule has 0 N–H and O–H groups in total. The Morgan fingerprint density at radius 3 is 1.74 bits per heavy atom. The summed E-state index contributed by atoms with van der Waals surface area (Å²) >= 11 is 0. The van der Waals surface area contributed by atoms with E-state index < -0.39 is 44.8 Å². The van der Waals surface area contributed by atoms with Gasteiger partial charge in [-0.25, -0.2) is 25.3 Å². The van der Waals surface area contributed by atoms with Crippen LogP contribution >= 0.6 is 0 Å². The summed E-state index contributed by atoms with van der Waals surface area (Å²) in [5.41, 5.74) is -5.96. The Labute approximate surface area is 131 Å². The predicted molar refractivity (Wildman–Crippen MR) is 75.0 cm³/mol. The highest BCUT2D eigenvalue weighted by Crippen LogP contribution is 2.34. The minimum atomic E-state index is -6.37. The van der Waals surface area contributed by atoms with Crippen molar-refractivity contribution in [3.8, 4) is 0 Å². The fourth-order valence-electron chi connectivity index (χ4n) is 1.55. The molecule has 0 bridgehead atoms. The average molecular weight is 395 g/mol. The van der Waals surface area contributed by atoms with Gasteiger partial charge >= 0.3 is 5.51 Å². The fourth-order valence-corrected chi connectivity index (χ4v) is 7.26. The van der Waals surface area contributed by atoms with Crippen LogP contribution in [-0.4, -0.2) is 53.1 Å². The van der Waals surface area contributed by atoms with Crippen molar-refractivity contribution in [2.45, 2.75) is 15.1 Å². The van der Waals surface area contributed by atoms with Gasteiger partial charge in [-0.05, 0) is 12.1 Å². The molecule has 0 saturated heterocycles. The van der Waals surface area contributed by atoms with Gasteiger partial charge in [-0.2, -0.15) is 17.5 Å². The molecule has 1 aromatic rings. The van der Waals surface area contributed by atoms with Crippen LogP contribution in [0.15, 0.2) is 35.2 Å². The summed E-state index contributed by atoms with van der Waals surface area (Å²) in [7, 11) is -15.7. The van der Waals surface area contributed by atoms with E-state index in [0.29, 0.717) is 13.3 Å². The molecule has 0 aliphatic rings. The van der Waals surface area contributed by atoms with E-state index in [1.807, 2.05) is 0 Å². The zero-order valence-electron chi connectivity index (χ0n) is 11.7. The van der Waals surface area contributed by atoms with Crippen molar-refractivity contribution in [2.75, 3.05) is 13.3 Å². The Morgan fingerprint density at radius 2 is 1.39 bits per heavy atom. The van der Waals surface area contributed by atoms with Crippen LogP contribution in [0, 0.1) is 0 Å². The maximum atomic E-state index is 12.8. The van der Waals surface area contributed by atoms with Crippen molar-refractivity contribution >= 4 is 29.7 Å². The summed E-state index contributed by atoms with van der Waals surface area (Å²) in [6.07, 6.45) is 0.395. The number of sulfonamides is 1. The van der Waals surface area contributed by atoms with Gasteiger partial charge in [0.1, 0.15) is 0 Å². The average Bonchev–Trinajstić information content (AvgIpc) is 2.36. The molecular weight excluding hydrogens is 383 g/mol. The van der Waals surface area contributed by atoms with Gasteiger partial charge in [0.2, 0.25) is 24.6 Å². The fraction of sp³-hybridized carbons (Fsp3) is 0.400. The molecule has 0 aliphatic heterocycles. The number of benzene rings is 1. The number of rotatable bonds is 5. The summed E-state index contributed by atoms with van der Waals surface area (Å²) in [5, 5.41) is 0. The second-order valence-electron chi connectivity index (χ2n) is 4.44. The van der Waals surface area contributed by atoms with Crippen molar-refractivity contribution in [3.63, 3.8) is 0 Å². The maximum absolute atomic E-state index is 12.8. The zero-order chi connectivity index (χ0) is 18.3. The molecule has 1 unspecified atom stereocenters. The largest absolute Gasteiger partial charge is 0.500 e. The van der Waals surface area contributed by atoms with Crippen LogP contribution in [0.25, 0.3) is 0 Å². The topological polar surface area (TPSA) is 106 Å². The smallest absolute Gasteiger partial charge is 0.221 e. The molecule has 0 aromatic heterocycles. The highest BCUT2D eigenvalue weighted by molar-refractivity contribution is 8.10. The van der Waals surface area contributed by atoms with Gasteiger partial charge in [0, 0.05) is 7.05 Å². The zero-order valence-corrected chi connectivity index (χ0v) is 14.2. The Bertz CT molecular complexity index is 876. The quantitative estimate of drug-likeness (QED) is 0.722. The number of nitrogens with zero attached hydrogens (tertiary/aromatic N) is 1. The Balaban J connectivity index is 3.75. The number of hydrogen-bond donors (Lipinski definition) is 0. The second kappa shape index (κ2) is 6.03. The molecule has 0 fully saturated rings. The van der Waals surface area contributed by atoms with Crippen molar-refractivity contribution in [1.29, 1.82) is 0 Å². The van der Waals surface area contributed by atoms with Gasteiger partial charge in [0.15, 0.2) is 0 Å². The van der Waals surface area contributed by atoms with Crippen LogP contribution < -0.4 is 0 Å². The molecule has 132 valence electrons. The third-order valence-corrected chi connectivity index (χ3v) is 9.06. The first-order valence-electron chi connectivity index (χ1n) is 5.65. The summed E-state index contributed by atoms with van der Waals surface area (Å²) < 4.78 is 106. The Kier molecular flexibility index (Phi) is 5.21. The van der Waals surface area contributed by atoms with Gasteiger partial charge < -0.3 is 0 Å². The first-order valence-corrected chi connectivity index (χ1v) is 10.6. The van der Waals surface area contributed by atoms with E-state index in [9.17, 15) is 38.4 Å². The maximum Gasteiger partial charge on any atom is 0.500 e. The molecule has 1 atom stereocenters. The lowest BCUT2D eigenvalue weighted by Gasteiger charge is -2.26. The third-order valence-electron chi connectivity index (χ3n) is 2.75. The number of halogens is 3. The minimum absolute atomic E-state index is 0.335. The summed E-state index contributed by atoms with van der Waals surface area (Å²) in [6, 6.07) is 5.40. The summed E-state index contributed by atoms with van der Waals surface area (Å²) in [4.78, 5) is -0.756. The summed E-state index contributed by atoms with van der Waals surface area (Å²) in [5.74, 6) is 0. The van der Waals surface area contributed by atoms with Gasteiger partial charge in [-0.3, -0.25) is 0 Å². The monoisotopic (exact) mass is 395 g/mol. The lowest BCUT2D eigenvalue weighted by atomic mass is 10.4. The summed E-state index contributed by atoms with van der Waals surface area (Å²) in [6.45, 7) is 0. The van der Waals surface area contributed by atoms with Crippen molar-refractivity contribution in [3.05, 3.63) is 30.3 Å². The van der Waals surface area contributed by atoms with E-state index in [1.54, 1.807) is 0 Å². The molecule has 0 heterocycles. The molecule has 23 heavy (non-hydrogen) atoms. The number of hydrogen-bond acceptors (Lipinski definition) is 6. The molecule has 1 rings (SSSR count). The first kappa shape index (κ1) is 19.9. The van der Waals surface area contributed by atoms with Crippen molar-refractivity contribution < 1.29 is 38.4 Å². The van der Waals surface area contributed by atoms with Crippen LogP contribution in [0.5, 0.6) is 0 Å². The minimum Gasteiger partial charge on any atom is -0.221 e. The molecule has 0 spiro atoms. The van der Waals surface area contributed by atoms with Gasteiger partial charge in [-0.15, -0.1) is 0 Å². The van der Waals surface area contributed by atoms with Crippen molar-refractivity contribution in [1.82, 2.24) is 4.31 Å². The van der Waals surface area contributed by atoms with E-state index in [4.69, 9.17) is 0 Å². The van der Waals surface area contributed by atoms with Crippen molar-refractivity contribution in [2.24, 2.45) is 0 Å². The molecule has 0 aliphatic carbocycles. The van der Waals surface area contributed by atoms with E-state index in [2.05, 4.69) is 0 Å². The van der Waals surface area contributed by atoms with Crippen LogP contribution in [0.2, 0.25) is 0 Å². The number of alkyl halides is 3. The molecule has 7 nitrogen and oxygen atoms in total. The molecule has 0 saturated carbocycles. The van der Waals surface area contributed by atoms with Gasteiger partial charge in [-0.1, -0.05) is 18.2 Å². The highest BCUT2D eigenvalue weighted by Gasteiger charge is 2.59. The second-order valence-corrected chi connectivity index (χ2v) is 10.8. The van der Waals surface area contributed by atoms with E-state index in [1.165, 1.54) is 6.07 Å². The molecule has 0 amide bonds. The Morgan fingerprint density at radius 1 is 0.957 bits per heavy atom. The van der Waals surface area contributed by atoms with Crippen LogP contribution in [-0.2, 0) is 29.7 Å². The Hall–Kier alpha value is -1.18. The van der Waals surface area contributed by atoms with Gasteiger partial charge in [0.25, 0.3) is 9.84 Å². The first-order chi connectivity index (χ1) is 10.1. The van der Waals surface area contributed by atoms with Crippen LogP contribution in [0.4, 0.5) is 13.2 Å².